The fraction of sp³-hybridized carbons (Fsp3) is 0.533. The molecule has 0 aromatic heterocycles. The van der Waals surface area contributed by atoms with Gasteiger partial charge in [-0.15, -0.1) is 0 Å². The quantitative estimate of drug-likeness (QED) is 0.615. The van der Waals surface area contributed by atoms with Gasteiger partial charge in [0.15, 0.2) is 0 Å². The van der Waals surface area contributed by atoms with Gasteiger partial charge in [0, 0.05) is 31.7 Å². The molecule has 3 N–H and O–H groups in total. The van der Waals surface area contributed by atoms with Crippen LogP contribution in [0.1, 0.15) is 11.1 Å². The Morgan fingerprint density at radius 3 is 3.05 bits per heavy atom. The maximum Gasteiger partial charge on any atom is 0.122 e. The molecule has 0 saturated carbocycles. The number of benzene rings is 1. The van der Waals surface area contributed by atoms with E-state index in [4.69, 9.17) is 15.9 Å². The SMILES string of the molecule is CN1CCOC(CN(C)Cc2cccc(C(=N)N)c2)C1. The van der Waals surface area contributed by atoms with Crippen LogP contribution >= 0.6 is 0 Å². The van der Waals surface area contributed by atoms with Gasteiger partial charge in [-0.1, -0.05) is 18.2 Å². The maximum absolute atomic E-state index is 7.48. The molecule has 1 aliphatic rings. The molecule has 1 aromatic rings. The third-order valence-electron chi connectivity index (χ3n) is 3.55. The number of hydrogen-bond acceptors (Lipinski definition) is 4. The van der Waals surface area contributed by atoms with Gasteiger partial charge in [-0.25, -0.2) is 0 Å². The number of morpholine rings is 1. The fourth-order valence-electron chi connectivity index (χ4n) is 2.54. The molecule has 1 saturated heterocycles. The zero-order valence-corrected chi connectivity index (χ0v) is 12.3. The molecule has 0 amide bonds. The summed E-state index contributed by atoms with van der Waals surface area (Å²) < 4.78 is 5.78. The highest BCUT2D eigenvalue weighted by Crippen LogP contribution is 2.10. The summed E-state index contributed by atoms with van der Waals surface area (Å²) in [6.45, 7) is 4.56. The van der Waals surface area contributed by atoms with Crippen molar-refractivity contribution in [1.82, 2.24) is 9.80 Å². The number of nitrogens with zero attached hydrogens (tertiary/aromatic N) is 2. The second-order valence-electron chi connectivity index (χ2n) is 5.57. The van der Waals surface area contributed by atoms with Crippen molar-refractivity contribution in [3.05, 3.63) is 35.4 Å². The van der Waals surface area contributed by atoms with Crippen LogP contribution in [-0.2, 0) is 11.3 Å². The summed E-state index contributed by atoms with van der Waals surface area (Å²) >= 11 is 0. The largest absolute Gasteiger partial charge is 0.384 e. The number of amidine groups is 1. The Labute approximate surface area is 120 Å². The van der Waals surface area contributed by atoms with Crippen LogP contribution in [0.15, 0.2) is 24.3 Å². The molecule has 5 nitrogen and oxygen atoms in total. The summed E-state index contributed by atoms with van der Waals surface area (Å²) in [6, 6.07) is 7.86. The van der Waals surface area contributed by atoms with Crippen LogP contribution in [0.2, 0.25) is 0 Å². The van der Waals surface area contributed by atoms with E-state index in [9.17, 15) is 0 Å². The fourth-order valence-corrected chi connectivity index (χ4v) is 2.54. The van der Waals surface area contributed by atoms with Gasteiger partial charge in [-0.2, -0.15) is 0 Å². The Morgan fingerprint density at radius 1 is 1.55 bits per heavy atom. The van der Waals surface area contributed by atoms with Gasteiger partial charge in [-0.05, 0) is 25.7 Å². The van der Waals surface area contributed by atoms with Crippen LogP contribution < -0.4 is 5.73 Å². The van der Waals surface area contributed by atoms with E-state index in [2.05, 4.69) is 30.0 Å². The first kappa shape index (κ1) is 15.0. The molecule has 1 aromatic carbocycles. The lowest BCUT2D eigenvalue weighted by molar-refractivity contribution is -0.0333. The molecule has 1 fully saturated rings. The molecule has 1 unspecified atom stereocenters. The molecule has 0 radical (unpaired) electrons. The van der Waals surface area contributed by atoms with E-state index >= 15 is 0 Å². The molecule has 0 spiro atoms. The smallest absolute Gasteiger partial charge is 0.122 e. The number of ether oxygens (including phenoxy) is 1. The lowest BCUT2D eigenvalue weighted by Crippen LogP contribution is -2.45. The number of likely N-dealkylation sites (N-methyl/N-ethyl adjacent to an activating group) is 2. The standard InChI is InChI=1S/C15H24N4O/c1-18-6-7-20-14(10-18)11-19(2)9-12-4-3-5-13(8-12)15(16)17/h3-5,8,14H,6-7,9-11H2,1-2H3,(H3,16,17). The van der Waals surface area contributed by atoms with Crippen molar-refractivity contribution < 1.29 is 4.74 Å². The molecular formula is C15H24N4O. The summed E-state index contributed by atoms with van der Waals surface area (Å²) in [4.78, 5) is 4.56. The second kappa shape index (κ2) is 6.83. The lowest BCUT2D eigenvalue weighted by atomic mass is 10.1. The molecular weight excluding hydrogens is 252 g/mol. The van der Waals surface area contributed by atoms with Crippen molar-refractivity contribution >= 4 is 5.84 Å². The summed E-state index contributed by atoms with van der Waals surface area (Å²) in [5.41, 5.74) is 7.48. The van der Waals surface area contributed by atoms with Crippen molar-refractivity contribution in [3.63, 3.8) is 0 Å². The summed E-state index contributed by atoms with van der Waals surface area (Å²) in [5.74, 6) is 0.117. The normalized spacial score (nSPS) is 20.2. The highest BCUT2D eigenvalue weighted by Gasteiger charge is 2.19. The molecule has 5 heteroatoms. The van der Waals surface area contributed by atoms with E-state index in [-0.39, 0.29) is 11.9 Å². The molecule has 0 bridgehead atoms. The molecule has 0 aliphatic carbocycles. The van der Waals surface area contributed by atoms with Crippen LogP contribution in [-0.4, -0.2) is 62.1 Å². The van der Waals surface area contributed by atoms with Gasteiger partial charge < -0.3 is 15.4 Å². The van der Waals surface area contributed by atoms with Crippen molar-refractivity contribution in [2.75, 3.05) is 40.3 Å². The first-order valence-electron chi connectivity index (χ1n) is 6.96. The highest BCUT2D eigenvalue weighted by atomic mass is 16.5. The average molecular weight is 276 g/mol. The molecule has 110 valence electrons. The Hall–Kier alpha value is -1.43. The first-order valence-corrected chi connectivity index (χ1v) is 6.96. The Morgan fingerprint density at radius 2 is 2.35 bits per heavy atom. The zero-order chi connectivity index (χ0) is 14.5. The van der Waals surface area contributed by atoms with Crippen LogP contribution in [0.5, 0.6) is 0 Å². The van der Waals surface area contributed by atoms with Crippen molar-refractivity contribution in [2.24, 2.45) is 5.73 Å². The lowest BCUT2D eigenvalue weighted by Gasteiger charge is -2.32. The number of nitrogens with one attached hydrogen (secondary N) is 1. The van der Waals surface area contributed by atoms with Gasteiger partial charge in [-0.3, -0.25) is 10.3 Å². The van der Waals surface area contributed by atoms with Gasteiger partial charge in [0.1, 0.15) is 5.84 Å². The topological polar surface area (TPSA) is 65.6 Å². The minimum Gasteiger partial charge on any atom is -0.384 e. The van der Waals surface area contributed by atoms with E-state index in [1.807, 2.05) is 18.2 Å². The second-order valence-corrected chi connectivity index (χ2v) is 5.57. The van der Waals surface area contributed by atoms with Gasteiger partial charge in [0.05, 0.1) is 12.7 Å². The van der Waals surface area contributed by atoms with Crippen LogP contribution in [0.4, 0.5) is 0 Å². The Bertz CT molecular complexity index is 463. The maximum atomic E-state index is 7.48. The van der Waals surface area contributed by atoms with Gasteiger partial charge in [0.25, 0.3) is 0 Å². The van der Waals surface area contributed by atoms with Crippen molar-refractivity contribution in [3.8, 4) is 0 Å². The monoisotopic (exact) mass is 276 g/mol. The van der Waals surface area contributed by atoms with E-state index in [0.29, 0.717) is 0 Å². The predicted molar refractivity (Wildman–Crippen MR) is 81.0 cm³/mol. The highest BCUT2D eigenvalue weighted by molar-refractivity contribution is 5.95. The van der Waals surface area contributed by atoms with E-state index < -0.39 is 0 Å². The van der Waals surface area contributed by atoms with E-state index in [0.717, 1.165) is 38.3 Å². The van der Waals surface area contributed by atoms with Gasteiger partial charge in [0.2, 0.25) is 0 Å². The van der Waals surface area contributed by atoms with E-state index in [1.54, 1.807) is 0 Å². The number of hydrogen-bond donors (Lipinski definition) is 2. The van der Waals surface area contributed by atoms with Crippen molar-refractivity contribution in [1.29, 1.82) is 5.41 Å². The summed E-state index contributed by atoms with van der Waals surface area (Å²) in [6.07, 6.45) is 0.273. The van der Waals surface area contributed by atoms with Crippen LogP contribution in [0, 0.1) is 5.41 Å². The third-order valence-corrected chi connectivity index (χ3v) is 3.55. The zero-order valence-electron chi connectivity index (χ0n) is 12.3. The Balaban J connectivity index is 1.89. The predicted octanol–water partition coefficient (Wildman–Crippen LogP) is 0.733. The Kier molecular flexibility index (Phi) is 5.11. The van der Waals surface area contributed by atoms with Crippen molar-refractivity contribution in [2.45, 2.75) is 12.6 Å². The average Bonchev–Trinajstić information content (AvgIpc) is 2.38. The summed E-state index contributed by atoms with van der Waals surface area (Å²) in [7, 11) is 4.23. The van der Waals surface area contributed by atoms with Crippen LogP contribution in [0.25, 0.3) is 0 Å². The number of rotatable bonds is 5. The molecule has 1 aliphatic heterocycles. The molecule has 1 heterocycles. The summed E-state index contributed by atoms with van der Waals surface area (Å²) in [5, 5.41) is 7.48. The van der Waals surface area contributed by atoms with Gasteiger partial charge >= 0.3 is 0 Å². The molecule has 1 atom stereocenters. The minimum atomic E-state index is 0.117. The molecule has 20 heavy (non-hydrogen) atoms. The third kappa shape index (κ3) is 4.30. The first-order chi connectivity index (χ1) is 9.54. The van der Waals surface area contributed by atoms with Crippen LogP contribution in [0.3, 0.4) is 0 Å². The van der Waals surface area contributed by atoms with E-state index in [1.165, 1.54) is 5.56 Å². The molecule has 2 rings (SSSR count). The number of nitrogen functional groups attached to an aromatic ring is 1. The minimum absolute atomic E-state index is 0.117. The number of nitrogens with two attached hydrogens (primary N) is 1.